The van der Waals surface area contributed by atoms with Crippen LogP contribution in [0.3, 0.4) is 0 Å². The van der Waals surface area contributed by atoms with E-state index in [-0.39, 0.29) is 17.4 Å². The van der Waals surface area contributed by atoms with Crippen molar-refractivity contribution in [3.63, 3.8) is 0 Å². The van der Waals surface area contributed by atoms with Gasteiger partial charge in [0.1, 0.15) is 5.82 Å². The number of rotatable bonds is 6. The van der Waals surface area contributed by atoms with Crippen molar-refractivity contribution >= 4 is 5.69 Å². The Kier molecular flexibility index (Phi) is 5.14. The molecule has 0 aliphatic rings. The summed E-state index contributed by atoms with van der Waals surface area (Å²) in [6.07, 6.45) is 4.93. The van der Waals surface area contributed by atoms with E-state index in [2.05, 4.69) is 12.2 Å². The number of aromatic nitrogens is 1. The van der Waals surface area contributed by atoms with Gasteiger partial charge in [-0.25, -0.2) is 4.39 Å². The van der Waals surface area contributed by atoms with Crippen molar-refractivity contribution in [1.29, 1.82) is 0 Å². The van der Waals surface area contributed by atoms with Crippen LogP contribution in [0.5, 0.6) is 0 Å². The molecule has 3 nitrogen and oxygen atoms in total. The lowest BCUT2D eigenvalue weighted by Gasteiger charge is -2.20. The van der Waals surface area contributed by atoms with Crippen LogP contribution in [0.4, 0.5) is 10.1 Å². The number of anilines is 1. The molecule has 0 fully saturated rings. The number of aryl methyl sites for hydroxylation is 1. The lowest BCUT2D eigenvalue weighted by atomic mass is 10.0. The van der Waals surface area contributed by atoms with Gasteiger partial charge in [0.15, 0.2) is 0 Å². The van der Waals surface area contributed by atoms with Crippen LogP contribution in [0.2, 0.25) is 0 Å². The number of nitrogens with one attached hydrogen (secondary N) is 1. The van der Waals surface area contributed by atoms with Crippen LogP contribution in [-0.4, -0.2) is 4.57 Å². The Morgan fingerprint density at radius 2 is 1.90 bits per heavy atom. The van der Waals surface area contributed by atoms with Crippen LogP contribution in [0.15, 0.2) is 47.4 Å². The fraction of sp³-hybridized carbons (Fsp3) is 0.353. The van der Waals surface area contributed by atoms with E-state index in [0.29, 0.717) is 0 Å². The van der Waals surface area contributed by atoms with Gasteiger partial charge in [0.05, 0.1) is 11.7 Å². The molecule has 1 aromatic carbocycles. The lowest BCUT2D eigenvalue weighted by Crippen LogP contribution is -2.17. The number of benzene rings is 1. The summed E-state index contributed by atoms with van der Waals surface area (Å²) in [6, 6.07) is 10.0. The molecule has 21 heavy (non-hydrogen) atoms. The zero-order chi connectivity index (χ0) is 15.2. The second kappa shape index (κ2) is 7.07. The molecule has 0 amide bonds. The average molecular weight is 288 g/mol. The Hall–Kier alpha value is -2.10. The highest BCUT2D eigenvalue weighted by Crippen LogP contribution is 2.24. The zero-order valence-electron chi connectivity index (χ0n) is 12.5. The Balaban J connectivity index is 2.21. The second-order valence-electron chi connectivity index (χ2n) is 5.26. The number of unbranched alkanes of at least 4 members (excludes halogenated alkanes) is 1. The van der Waals surface area contributed by atoms with Crippen LogP contribution in [-0.2, 0) is 7.05 Å². The Morgan fingerprint density at radius 3 is 2.52 bits per heavy atom. The van der Waals surface area contributed by atoms with Gasteiger partial charge in [-0.2, -0.15) is 0 Å². The summed E-state index contributed by atoms with van der Waals surface area (Å²) in [7, 11) is 1.73. The van der Waals surface area contributed by atoms with E-state index in [1.54, 1.807) is 29.9 Å². The molecular formula is C17H21FN2O. The summed E-state index contributed by atoms with van der Waals surface area (Å²) in [5.41, 5.74) is 1.91. The molecule has 0 saturated heterocycles. The zero-order valence-corrected chi connectivity index (χ0v) is 12.5. The summed E-state index contributed by atoms with van der Waals surface area (Å²) < 4.78 is 14.6. The normalized spacial score (nSPS) is 12.1. The summed E-state index contributed by atoms with van der Waals surface area (Å²) in [5, 5.41) is 3.44. The van der Waals surface area contributed by atoms with Crippen molar-refractivity contribution in [2.24, 2.45) is 7.05 Å². The molecule has 1 N–H and O–H groups in total. The van der Waals surface area contributed by atoms with Crippen molar-refractivity contribution in [1.82, 2.24) is 4.57 Å². The summed E-state index contributed by atoms with van der Waals surface area (Å²) in [4.78, 5) is 11.4. The van der Waals surface area contributed by atoms with Gasteiger partial charge in [-0.15, -0.1) is 0 Å². The first-order chi connectivity index (χ1) is 10.1. The van der Waals surface area contributed by atoms with E-state index in [1.807, 2.05) is 12.1 Å². The van der Waals surface area contributed by atoms with E-state index < -0.39 is 0 Å². The third-order valence-corrected chi connectivity index (χ3v) is 3.55. The maximum atomic E-state index is 13.1. The van der Waals surface area contributed by atoms with Crippen LogP contribution in [0, 0.1) is 5.82 Å². The number of nitrogens with zero attached hydrogens (tertiary/aromatic N) is 1. The number of hydrogen-bond acceptors (Lipinski definition) is 2. The van der Waals surface area contributed by atoms with Gasteiger partial charge >= 0.3 is 0 Å². The van der Waals surface area contributed by atoms with Crippen molar-refractivity contribution in [3.8, 4) is 0 Å². The molecule has 0 radical (unpaired) electrons. The number of hydrogen-bond donors (Lipinski definition) is 1. The quantitative estimate of drug-likeness (QED) is 0.875. The van der Waals surface area contributed by atoms with Gasteiger partial charge in [-0.3, -0.25) is 4.79 Å². The molecule has 112 valence electrons. The number of pyridine rings is 1. The molecule has 2 aromatic rings. The molecular weight excluding hydrogens is 267 g/mol. The largest absolute Gasteiger partial charge is 0.377 e. The fourth-order valence-electron chi connectivity index (χ4n) is 2.31. The summed E-state index contributed by atoms with van der Waals surface area (Å²) in [5.74, 6) is -0.227. The van der Waals surface area contributed by atoms with Crippen LogP contribution in [0.1, 0.15) is 37.8 Å². The van der Waals surface area contributed by atoms with Crippen LogP contribution >= 0.6 is 0 Å². The Labute approximate surface area is 124 Å². The maximum absolute atomic E-state index is 13.1. The minimum Gasteiger partial charge on any atom is -0.377 e. The van der Waals surface area contributed by atoms with Crippen molar-refractivity contribution in [2.75, 3.05) is 5.32 Å². The lowest BCUT2D eigenvalue weighted by molar-refractivity contribution is 0.616. The third-order valence-electron chi connectivity index (χ3n) is 3.55. The highest BCUT2D eigenvalue weighted by atomic mass is 19.1. The molecule has 0 bridgehead atoms. The van der Waals surface area contributed by atoms with Gasteiger partial charge in [0.25, 0.3) is 0 Å². The predicted molar refractivity (Wildman–Crippen MR) is 84.0 cm³/mol. The molecule has 0 spiro atoms. The van der Waals surface area contributed by atoms with Crippen LogP contribution in [0.25, 0.3) is 0 Å². The Bertz CT molecular complexity index is 634. The predicted octanol–water partition coefficient (Wildman–Crippen LogP) is 3.87. The highest BCUT2D eigenvalue weighted by Gasteiger charge is 2.11. The summed E-state index contributed by atoms with van der Waals surface area (Å²) >= 11 is 0. The molecule has 0 aliphatic heterocycles. The maximum Gasteiger partial charge on any atom is 0.250 e. The van der Waals surface area contributed by atoms with Gasteiger partial charge in [-0.1, -0.05) is 31.9 Å². The van der Waals surface area contributed by atoms with Gasteiger partial charge in [0, 0.05) is 19.3 Å². The SMILES string of the molecule is CCCCC(Nc1ccc(=O)n(C)c1)c1ccc(F)cc1. The topological polar surface area (TPSA) is 34.0 Å². The van der Waals surface area contributed by atoms with Crippen molar-refractivity contribution in [3.05, 3.63) is 64.3 Å². The standard InChI is InChI=1S/C17H21FN2O/c1-3-4-5-16(13-6-8-14(18)9-7-13)19-15-10-11-17(21)20(2)12-15/h6-12,16,19H,3-5H2,1-2H3. The van der Waals surface area contributed by atoms with E-state index in [4.69, 9.17) is 0 Å². The average Bonchev–Trinajstić information content (AvgIpc) is 2.48. The van der Waals surface area contributed by atoms with E-state index in [9.17, 15) is 9.18 Å². The molecule has 1 unspecified atom stereocenters. The minimum atomic E-state index is -0.227. The van der Waals surface area contributed by atoms with E-state index in [1.165, 1.54) is 12.1 Å². The molecule has 0 saturated carbocycles. The monoisotopic (exact) mass is 288 g/mol. The first-order valence-corrected chi connectivity index (χ1v) is 7.29. The first kappa shape index (κ1) is 15.3. The van der Waals surface area contributed by atoms with Crippen molar-refractivity contribution < 1.29 is 4.39 Å². The fourth-order valence-corrected chi connectivity index (χ4v) is 2.31. The third kappa shape index (κ3) is 4.18. The number of halogens is 1. The van der Waals surface area contributed by atoms with E-state index >= 15 is 0 Å². The van der Waals surface area contributed by atoms with Gasteiger partial charge < -0.3 is 9.88 Å². The highest BCUT2D eigenvalue weighted by molar-refractivity contribution is 5.43. The molecule has 4 heteroatoms. The van der Waals surface area contributed by atoms with Crippen molar-refractivity contribution in [2.45, 2.75) is 32.2 Å². The molecule has 1 aromatic heterocycles. The van der Waals surface area contributed by atoms with Gasteiger partial charge in [0.2, 0.25) is 5.56 Å². The minimum absolute atomic E-state index is 0.0348. The van der Waals surface area contributed by atoms with Gasteiger partial charge in [-0.05, 0) is 30.2 Å². The molecule has 2 rings (SSSR count). The first-order valence-electron chi connectivity index (χ1n) is 7.29. The summed E-state index contributed by atoms with van der Waals surface area (Å²) in [6.45, 7) is 2.15. The molecule has 1 atom stereocenters. The molecule has 1 heterocycles. The van der Waals surface area contributed by atoms with Crippen LogP contribution < -0.4 is 10.9 Å². The Morgan fingerprint density at radius 1 is 1.19 bits per heavy atom. The second-order valence-corrected chi connectivity index (χ2v) is 5.26. The smallest absolute Gasteiger partial charge is 0.250 e. The molecule has 0 aliphatic carbocycles. The van der Waals surface area contributed by atoms with E-state index in [0.717, 1.165) is 30.5 Å².